The summed E-state index contributed by atoms with van der Waals surface area (Å²) in [5.74, 6) is 5.77. The number of allylic oxidation sites excluding steroid dienone is 2. The molecule has 0 spiro atoms. The van der Waals surface area contributed by atoms with E-state index in [-0.39, 0.29) is 0 Å². The largest absolute Gasteiger partial charge is 0.154 e. The Morgan fingerprint density at radius 1 is 1.30 bits per heavy atom. The summed E-state index contributed by atoms with van der Waals surface area (Å²) in [4.78, 5) is 0. The summed E-state index contributed by atoms with van der Waals surface area (Å²) in [6.07, 6.45) is 0. The molecule has 0 atom stereocenters. The molecule has 0 aromatic heterocycles. The predicted molar refractivity (Wildman–Crippen MR) is 41.4 cm³/mol. The van der Waals surface area contributed by atoms with Crippen LogP contribution in [0.15, 0.2) is 16.4 Å². The van der Waals surface area contributed by atoms with Gasteiger partial charge < -0.3 is 0 Å². The van der Waals surface area contributed by atoms with Crippen molar-refractivity contribution in [3.05, 3.63) is 11.3 Å². The van der Waals surface area contributed by atoms with Crippen LogP contribution in [0.25, 0.3) is 0 Å². The first-order valence-electron chi connectivity index (χ1n) is 3.15. The molecule has 0 unspecified atom stereocenters. The third-order valence-corrected chi connectivity index (χ3v) is 1.32. The van der Waals surface area contributed by atoms with Gasteiger partial charge in [0, 0.05) is 0 Å². The van der Waals surface area contributed by atoms with Crippen molar-refractivity contribution in [3.8, 4) is 11.8 Å². The van der Waals surface area contributed by atoms with Crippen molar-refractivity contribution in [1.29, 1.82) is 0 Å². The van der Waals surface area contributed by atoms with E-state index in [4.69, 9.17) is 0 Å². The quantitative estimate of drug-likeness (QED) is 0.445. The molecule has 2 nitrogen and oxygen atoms in total. The summed E-state index contributed by atoms with van der Waals surface area (Å²) in [7, 11) is 0. The molecule has 1 aliphatic heterocycles. The standard InChI is InChI=1S/C8H9N2/c1-4-5-8-6(2)9-10-7(8)3/h1-3H3. The Morgan fingerprint density at radius 2 is 2.00 bits per heavy atom. The highest BCUT2D eigenvalue weighted by molar-refractivity contribution is 6.04. The molecule has 1 radical (unpaired) electrons. The van der Waals surface area contributed by atoms with Gasteiger partial charge in [-0.15, -0.1) is 5.92 Å². The summed E-state index contributed by atoms with van der Waals surface area (Å²) in [5, 5.41) is 3.88. The highest BCUT2D eigenvalue weighted by Gasteiger charge is 2.10. The van der Waals surface area contributed by atoms with Gasteiger partial charge in [0.2, 0.25) is 0 Å². The van der Waals surface area contributed by atoms with Crippen molar-refractivity contribution in [1.82, 2.24) is 5.43 Å². The molecule has 0 bridgehead atoms. The van der Waals surface area contributed by atoms with Gasteiger partial charge in [-0.05, 0) is 20.8 Å². The highest BCUT2D eigenvalue weighted by Crippen LogP contribution is 2.10. The summed E-state index contributed by atoms with van der Waals surface area (Å²) in [6.45, 7) is 5.64. The van der Waals surface area contributed by atoms with Gasteiger partial charge in [0.1, 0.15) is 0 Å². The molecule has 0 saturated carbocycles. The minimum absolute atomic E-state index is 0.923. The van der Waals surface area contributed by atoms with Crippen molar-refractivity contribution in [2.24, 2.45) is 5.10 Å². The van der Waals surface area contributed by atoms with Gasteiger partial charge in [0.25, 0.3) is 0 Å². The van der Waals surface area contributed by atoms with Crippen LogP contribution < -0.4 is 5.43 Å². The Bertz CT molecular complexity index is 261. The van der Waals surface area contributed by atoms with E-state index >= 15 is 0 Å². The van der Waals surface area contributed by atoms with Crippen LogP contribution in [-0.2, 0) is 0 Å². The molecule has 0 fully saturated rings. The van der Waals surface area contributed by atoms with Crippen LogP contribution in [0.1, 0.15) is 20.8 Å². The first-order chi connectivity index (χ1) is 4.75. The SMILES string of the molecule is CC#CC1=C(C)[N]N=C1C. The summed E-state index contributed by atoms with van der Waals surface area (Å²) < 4.78 is 0. The van der Waals surface area contributed by atoms with Gasteiger partial charge in [0.15, 0.2) is 0 Å². The second-order valence-electron chi connectivity index (χ2n) is 2.12. The Balaban J connectivity index is 2.97. The Labute approximate surface area is 61.0 Å². The molecule has 0 aliphatic carbocycles. The number of hydrogen-bond acceptors (Lipinski definition) is 1. The lowest BCUT2D eigenvalue weighted by molar-refractivity contribution is 0.892. The summed E-state index contributed by atoms with van der Waals surface area (Å²) in [6, 6.07) is 0. The first kappa shape index (κ1) is 6.88. The van der Waals surface area contributed by atoms with Gasteiger partial charge in [-0.1, -0.05) is 5.92 Å². The molecule has 0 saturated heterocycles. The molecule has 0 aromatic carbocycles. The van der Waals surface area contributed by atoms with Crippen molar-refractivity contribution in [2.75, 3.05) is 0 Å². The van der Waals surface area contributed by atoms with Gasteiger partial charge in [-0.2, -0.15) is 10.5 Å². The maximum atomic E-state index is 3.88. The van der Waals surface area contributed by atoms with Crippen LogP contribution in [0.4, 0.5) is 0 Å². The Morgan fingerprint density at radius 3 is 2.40 bits per heavy atom. The molecular weight excluding hydrogens is 124 g/mol. The fourth-order valence-corrected chi connectivity index (χ4v) is 0.818. The predicted octanol–water partition coefficient (Wildman–Crippen LogP) is 1.28. The van der Waals surface area contributed by atoms with Gasteiger partial charge in [0.05, 0.1) is 17.0 Å². The second kappa shape index (κ2) is 2.57. The zero-order valence-electron chi connectivity index (χ0n) is 6.39. The van der Waals surface area contributed by atoms with E-state index in [1.165, 1.54) is 0 Å². The van der Waals surface area contributed by atoms with Crippen molar-refractivity contribution in [3.63, 3.8) is 0 Å². The van der Waals surface area contributed by atoms with Gasteiger partial charge >= 0.3 is 0 Å². The molecule has 1 heterocycles. The second-order valence-corrected chi connectivity index (χ2v) is 2.12. The Kier molecular flexibility index (Phi) is 1.77. The van der Waals surface area contributed by atoms with E-state index in [2.05, 4.69) is 22.4 Å². The van der Waals surface area contributed by atoms with E-state index in [9.17, 15) is 0 Å². The van der Waals surface area contributed by atoms with E-state index in [1.807, 2.05) is 20.8 Å². The van der Waals surface area contributed by atoms with Crippen LogP contribution in [0.3, 0.4) is 0 Å². The van der Waals surface area contributed by atoms with Crippen LogP contribution in [0.5, 0.6) is 0 Å². The lowest BCUT2D eigenvalue weighted by atomic mass is 10.1. The fourth-order valence-electron chi connectivity index (χ4n) is 0.818. The topological polar surface area (TPSA) is 26.5 Å². The van der Waals surface area contributed by atoms with E-state index < -0.39 is 0 Å². The highest BCUT2D eigenvalue weighted by atomic mass is 15.3. The van der Waals surface area contributed by atoms with Crippen molar-refractivity contribution >= 4 is 5.71 Å². The van der Waals surface area contributed by atoms with E-state index in [1.54, 1.807) is 0 Å². The van der Waals surface area contributed by atoms with Crippen molar-refractivity contribution in [2.45, 2.75) is 20.8 Å². The van der Waals surface area contributed by atoms with Crippen LogP contribution in [0.2, 0.25) is 0 Å². The molecule has 0 N–H and O–H groups in total. The van der Waals surface area contributed by atoms with Crippen LogP contribution >= 0.6 is 0 Å². The third kappa shape index (κ3) is 1.03. The molecule has 0 aromatic rings. The lowest BCUT2D eigenvalue weighted by Crippen LogP contribution is -1.90. The normalized spacial score (nSPS) is 15.7. The molecule has 1 rings (SSSR count). The molecule has 10 heavy (non-hydrogen) atoms. The average Bonchev–Trinajstić information content (AvgIpc) is 2.20. The number of hydrogen-bond donors (Lipinski definition) is 0. The zero-order valence-corrected chi connectivity index (χ0v) is 6.39. The molecule has 0 amide bonds. The smallest absolute Gasteiger partial charge is 0.0774 e. The third-order valence-electron chi connectivity index (χ3n) is 1.32. The van der Waals surface area contributed by atoms with Crippen LogP contribution in [0, 0.1) is 11.8 Å². The summed E-state index contributed by atoms with van der Waals surface area (Å²) >= 11 is 0. The van der Waals surface area contributed by atoms with Gasteiger partial charge in [-0.3, -0.25) is 0 Å². The molecule has 2 heteroatoms. The fraction of sp³-hybridized carbons (Fsp3) is 0.375. The zero-order chi connectivity index (χ0) is 7.56. The molecular formula is C8H9N2. The minimum atomic E-state index is 0.923. The first-order valence-corrected chi connectivity index (χ1v) is 3.15. The summed E-state index contributed by atoms with van der Waals surface area (Å²) in [5.41, 5.74) is 6.70. The Hall–Kier alpha value is -1.23. The maximum Gasteiger partial charge on any atom is 0.0774 e. The molecule has 1 aliphatic rings. The minimum Gasteiger partial charge on any atom is -0.154 e. The average molecular weight is 133 g/mol. The maximum absolute atomic E-state index is 3.88. The van der Waals surface area contributed by atoms with E-state index in [0.29, 0.717) is 0 Å². The number of rotatable bonds is 0. The van der Waals surface area contributed by atoms with Crippen LogP contribution in [-0.4, -0.2) is 5.71 Å². The lowest BCUT2D eigenvalue weighted by Gasteiger charge is -1.88. The number of nitrogens with zero attached hydrogens (tertiary/aromatic N) is 2. The van der Waals surface area contributed by atoms with E-state index in [0.717, 1.165) is 17.0 Å². The monoisotopic (exact) mass is 133 g/mol. The van der Waals surface area contributed by atoms with Gasteiger partial charge in [-0.25, -0.2) is 0 Å². The van der Waals surface area contributed by atoms with Crippen molar-refractivity contribution < 1.29 is 0 Å². The molecule has 51 valence electrons.